The fraction of sp³-hybridized carbons (Fsp3) is 0.500. The van der Waals surface area contributed by atoms with Crippen LogP contribution in [-0.4, -0.2) is 43.4 Å². The van der Waals surface area contributed by atoms with Crippen LogP contribution < -0.4 is 11.1 Å². The molecule has 0 saturated carbocycles. The van der Waals surface area contributed by atoms with E-state index in [-0.39, 0.29) is 19.0 Å². The Bertz CT molecular complexity index is 232. The van der Waals surface area contributed by atoms with Gasteiger partial charge in [0, 0.05) is 7.05 Å². The molecular formula is C8H13N3O2. The minimum absolute atomic E-state index is 0.0729. The number of carbonyl (C=O) groups is 2. The molecule has 0 atom stereocenters. The van der Waals surface area contributed by atoms with E-state index < -0.39 is 5.91 Å². The highest BCUT2D eigenvalue weighted by Gasteiger charge is 2.09. The summed E-state index contributed by atoms with van der Waals surface area (Å²) < 4.78 is 0. The van der Waals surface area contributed by atoms with Crippen molar-refractivity contribution >= 4 is 11.8 Å². The van der Waals surface area contributed by atoms with Gasteiger partial charge in [0.05, 0.1) is 19.6 Å². The van der Waals surface area contributed by atoms with Crippen molar-refractivity contribution in [1.29, 1.82) is 0 Å². The maximum absolute atomic E-state index is 11.1. The van der Waals surface area contributed by atoms with E-state index in [0.717, 1.165) is 0 Å². The molecule has 13 heavy (non-hydrogen) atoms. The molecule has 0 aromatic heterocycles. The Kier molecular flexibility index (Phi) is 5.32. The number of nitrogens with one attached hydrogen (secondary N) is 1. The SMILES string of the molecule is C#CCNCC(=O)N(C)CC(N)=O. The fourth-order valence-electron chi connectivity index (χ4n) is 0.698. The molecule has 0 rings (SSSR count). The van der Waals surface area contributed by atoms with Gasteiger partial charge in [-0.3, -0.25) is 14.9 Å². The second-order valence-corrected chi connectivity index (χ2v) is 2.52. The van der Waals surface area contributed by atoms with Gasteiger partial charge < -0.3 is 10.6 Å². The Hall–Kier alpha value is -1.54. The highest BCUT2D eigenvalue weighted by molar-refractivity contribution is 5.84. The van der Waals surface area contributed by atoms with Crippen molar-refractivity contribution in [3.63, 3.8) is 0 Å². The van der Waals surface area contributed by atoms with Gasteiger partial charge in [0.15, 0.2) is 0 Å². The van der Waals surface area contributed by atoms with Crippen LogP contribution in [0.25, 0.3) is 0 Å². The first-order valence-corrected chi connectivity index (χ1v) is 3.74. The first-order chi connectivity index (χ1) is 6.07. The number of primary amides is 1. The lowest BCUT2D eigenvalue weighted by Gasteiger charge is -2.14. The molecule has 0 bridgehead atoms. The molecule has 0 aromatic carbocycles. The van der Waals surface area contributed by atoms with E-state index in [4.69, 9.17) is 12.2 Å². The van der Waals surface area contributed by atoms with E-state index in [1.165, 1.54) is 11.9 Å². The number of terminal acetylenes is 1. The lowest BCUT2D eigenvalue weighted by atomic mass is 10.4. The number of amides is 2. The Morgan fingerprint density at radius 1 is 1.62 bits per heavy atom. The minimum Gasteiger partial charge on any atom is -0.368 e. The third kappa shape index (κ3) is 5.70. The quantitative estimate of drug-likeness (QED) is 0.388. The third-order valence-electron chi connectivity index (χ3n) is 1.32. The average Bonchev–Trinajstić information content (AvgIpc) is 2.03. The van der Waals surface area contributed by atoms with Crippen LogP contribution in [-0.2, 0) is 9.59 Å². The minimum atomic E-state index is -0.534. The molecule has 2 amide bonds. The predicted molar refractivity (Wildman–Crippen MR) is 48.5 cm³/mol. The van der Waals surface area contributed by atoms with E-state index in [0.29, 0.717) is 6.54 Å². The van der Waals surface area contributed by atoms with Crippen LogP contribution in [0.4, 0.5) is 0 Å². The molecule has 0 heterocycles. The van der Waals surface area contributed by atoms with Crippen molar-refractivity contribution in [3.05, 3.63) is 0 Å². The molecule has 0 fully saturated rings. The summed E-state index contributed by atoms with van der Waals surface area (Å²) in [5.74, 6) is 1.58. The molecule has 0 aliphatic heterocycles. The van der Waals surface area contributed by atoms with E-state index in [2.05, 4.69) is 11.2 Å². The third-order valence-corrected chi connectivity index (χ3v) is 1.32. The largest absolute Gasteiger partial charge is 0.368 e. The van der Waals surface area contributed by atoms with Gasteiger partial charge in [0.1, 0.15) is 0 Å². The maximum atomic E-state index is 11.1. The molecule has 72 valence electrons. The van der Waals surface area contributed by atoms with Crippen LogP contribution in [0.3, 0.4) is 0 Å². The van der Waals surface area contributed by atoms with Gasteiger partial charge in [-0.15, -0.1) is 6.42 Å². The molecule has 0 radical (unpaired) electrons. The van der Waals surface area contributed by atoms with Crippen molar-refractivity contribution < 1.29 is 9.59 Å². The Labute approximate surface area is 77.3 Å². The van der Waals surface area contributed by atoms with Crippen LogP contribution in [0.5, 0.6) is 0 Å². The molecule has 0 aliphatic rings. The van der Waals surface area contributed by atoms with Crippen LogP contribution in [0, 0.1) is 12.3 Å². The number of rotatable bonds is 5. The molecule has 3 N–H and O–H groups in total. The average molecular weight is 183 g/mol. The first kappa shape index (κ1) is 11.5. The summed E-state index contributed by atoms with van der Waals surface area (Å²) in [6.07, 6.45) is 4.96. The van der Waals surface area contributed by atoms with Gasteiger partial charge in [0.25, 0.3) is 0 Å². The number of nitrogens with zero attached hydrogens (tertiary/aromatic N) is 1. The number of nitrogens with two attached hydrogens (primary N) is 1. The fourth-order valence-corrected chi connectivity index (χ4v) is 0.698. The van der Waals surface area contributed by atoms with Crippen molar-refractivity contribution in [2.24, 2.45) is 5.73 Å². The molecule has 0 aromatic rings. The second kappa shape index (κ2) is 6.03. The van der Waals surface area contributed by atoms with Crippen molar-refractivity contribution in [3.8, 4) is 12.3 Å². The zero-order chi connectivity index (χ0) is 10.3. The molecule has 5 nitrogen and oxygen atoms in total. The van der Waals surface area contributed by atoms with Gasteiger partial charge in [0.2, 0.25) is 11.8 Å². The normalized spacial score (nSPS) is 8.92. The van der Waals surface area contributed by atoms with Crippen LogP contribution in [0.1, 0.15) is 0 Å². The monoisotopic (exact) mass is 183 g/mol. The smallest absolute Gasteiger partial charge is 0.237 e. The summed E-state index contributed by atoms with van der Waals surface area (Å²) in [4.78, 5) is 22.8. The molecule has 0 unspecified atom stereocenters. The van der Waals surface area contributed by atoms with Crippen molar-refractivity contribution in [2.45, 2.75) is 0 Å². The molecule has 0 aliphatic carbocycles. The summed E-state index contributed by atoms with van der Waals surface area (Å²) in [5, 5.41) is 2.71. The Morgan fingerprint density at radius 3 is 2.69 bits per heavy atom. The number of likely N-dealkylation sites (N-methyl/N-ethyl adjacent to an activating group) is 1. The number of carbonyl (C=O) groups excluding carboxylic acids is 2. The van der Waals surface area contributed by atoms with Gasteiger partial charge in [-0.2, -0.15) is 0 Å². The van der Waals surface area contributed by atoms with Crippen LogP contribution in [0.15, 0.2) is 0 Å². The summed E-state index contributed by atoms with van der Waals surface area (Å²) >= 11 is 0. The summed E-state index contributed by atoms with van der Waals surface area (Å²) in [5.41, 5.74) is 4.90. The summed E-state index contributed by atoms with van der Waals surface area (Å²) in [6, 6.07) is 0. The molecule has 0 spiro atoms. The van der Waals surface area contributed by atoms with E-state index >= 15 is 0 Å². The summed E-state index contributed by atoms with van der Waals surface area (Å²) in [7, 11) is 1.50. The number of hydrogen-bond donors (Lipinski definition) is 2. The molecule has 5 heteroatoms. The molecule has 0 saturated heterocycles. The molecular weight excluding hydrogens is 170 g/mol. The lowest BCUT2D eigenvalue weighted by Crippen LogP contribution is -2.40. The van der Waals surface area contributed by atoms with E-state index in [1.807, 2.05) is 0 Å². The van der Waals surface area contributed by atoms with Crippen LogP contribution in [0.2, 0.25) is 0 Å². The lowest BCUT2D eigenvalue weighted by molar-refractivity contribution is -0.133. The van der Waals surface area contributed by atoms with Crippen molar-refractivity contribution in [2.75, 3.05) is 26.7 Å². The predicted octanol–water partition coefficient (Wildman–Crippen LogP) is -1.85. The van der Waals surface area contributed by atoms with E-state index in [9.17, 15) is 9.59 Å². The van der Waals surface area contributed by atoms with Gasteiger partial charge >= 0.3 is 0 Å². The topological polar surface area (TPSA) is 75.4 Å². The first-order valence-electron chi connectivity index (χ1n) is 3.74. The Morgan fingerprint density at radius 2 is 2.23 bits per heavy atom. The van der Waals surface area contributed by atoms with Gasteiger partial charge in [-0.05, 0) is 0 Å². The highest BCUT2D eigenvalue weighted by atomic mass is 16.2. The highest BCUT2D eigenvalue weighted by Crippen LogP contribution is 1.81. The maximum Gasteiger partial charge on any atom is 0.237 e. The van der Waals surface area contributed by atoms with Crippen LogP contribution >= 0.6 is 0 Å². The van der Waals surface area contributed by atoms with Crippen molar-refractivity contribution in [1.82, 2.24) is 10.2 Å². The van der Waals surface area contributed by atoms with Gasteiger partial charge in [-0.1, -0.05) is 5.92 Å². The zero-order valence-electron chi connectivity index (χ0n) is 7.54. The van der Waals surface area contributed by atoms with Gasteiger partial charge in [-0.25, -0.2) is 0 Å². The zero-order valence-corrected chi connectivity index (χ0v) is 7.54. The standard InChI is InChI=1S/C8H13N3O2/c1-3-4-10-5-8(13)11(2)6-7(9)12/h1,10H,4-6H2,2H3,(H2,9,12). The number of hydrogen-bond acceptors (Lipinski definition) is 3. The Balaban J connectivity index is 3.71. The summed E-state index contributed by atoms with van der Waals surface area (Å²) in [6.45, 7) is 0.376. The second-order valence-electron chi connectivity index (χ2n) is 2.52. The van der Waals surface area contributed by atoms with E-state index in [1.54, 1.807) is 0 Å².